The summed E-state index contributed by atoms with van der Waals surface area (Å²) < 4.78 is 49.2. The molecule has 1 aliphatic rings. The zero-order valence-electron chi connectivity index (χ0n) is 26.3. The second kappa shape index (κ2) is 9.11. The van der Waals surface area contributed by atoms with Crippen LogP contribution in [-0.4, -0.2) is 9.55 Å². The molecule has 0 atom stereocenters. The van der Waals surface area contributed by atoms with Crippen LogP contribution in [0.1, 0.15) is 6.85 Å². The molecule has 0 radical (unpaired) electrons. The Bertz CT molecular complexity index is 2250. The van der Waals surface area contributed by atoms with Crippen LogP contribution in [0.4, 0.5) is 0 Å². The standard InChI is InChI=1S/C37H24N2O/c1-3-9-25(10-4-1)26-17-19-27(20-18-26)28-21-23-29(24-22-28)31-13-7-15-33-36(31)40-34-16-8-14-32-35(34)39(33)37(38-32)30-11-5-2-6-12-30/h1-24H/i1D,3D,4D,9D,10D. The summed E-state index contributed by atoms with van der Waals surface area (Å²) in [6.45, 7) is 0. The second-order valence-corrected chi connectivity index (χ2v) is 9.67. The Morgan fingerprint density at radius 2 is 1.20 bits per heavy atom. The van der Waals surface area contributed by atoms with Gasteiger partial charge in [-0.25, -0.2) is 4.98 Å². The summed E-state index contributed by atoms with van der Waals surface area (Å²) in [4.78, 5) is 4.98. The van der Waals surface area contributed by atoms with Gasteiger partial charge in [-0.15, -0.1) is 0 Å². The molecular formula is C37H24N2O. The Labute approximate surface area is 239 Å². The van der Waals surface area contributed by atoms with Gasteiger partial charge in [0.15, 0.2) is 11.5 Å². The van der Waals surface area contributed by atoms with Crippen LogP contribution in [-0.2, 0) is 0 Å². The van der Waals surface area contributed by atoms with E-state index in [0.29, 0.717) is 5.56 Å². The maximum atomic E-state index is 8.29. The van der Waals surface area contributed by atoms with Gasteiger partial charge in [0.05, 0.1) is 18.1 Å². The number of imidazole rings is 1. The maximum absolute atomic E-state index is 8.29. The molecule has 0 fully saturated rings. The van der Waals surface area contributed by atoms with Crippen LogP contribution >= 0.6 is 0 Å². The fourth-order valence-corrected chi connectivity index (χ4v) is 5.40. The molecule has 188 valence electrons. The fourth-order valence-electron chi connectivity index (χ4n) is 5.40. The summed E-state index contributed by atoms with van der Waals surface area (Å²) in [7, 11) is 0. The molecule has 1 aromatic heterocycles. The third-order valence-corrected chi connectivity index (χ3v) is 7.32. The minimum atomic E-state index is -0.394. The van der Waals surface area contributed by atoms with Crippen molar-refractivity contribution in [3.63, 3.8) is 0 Å². The summed E-state index contributed by atoms with van der Waals surface area (Å²) in [6, 6.07) is 36.5. The van der Waals surface area contributed by atoms with Crippen molar-refractivity contribution in [2.45, 2.75) is 0 Å². The van der Waals surface area contributed by atoms with Gasteiger partial charge in [-0.1, -0.05) is 127 Å². The zero-order valence-corrected chi connectivity index (χ0v) is 21.3. The average Bonchev–Trinajstić information content (AvgIpc) is 3.48. The predicted octanol–water partition coefficient (Wildman–Crippen LogP) is 9.80. The Balaban J connectivity index is 1.16. The molecule has 0 spiro atoms. The molecule has 40 heavy (non-hydrogen) atoms. The van der Waals surface area contributed by atoms with Crippen LogP contribution in [0.25, 0.3) is 61.5 Å². The van der Waals surface area contributed by atoms with Crippen molar-refractivity contribution in [1.29, 1.82) is 0 Å². The number of aromatic nitrogens is 2. The Morgan fingerprint density at radius 1 is 0.550 bits per heavy atom. The van der Waals surface area contributed by atoms with E-state index in [2.05, 4.69) is 53.1 Å². The summed E-state index contributed by atoms with van der Waals surface area (Å²) >= 11 is 0. The lowest BCUT2D eigenvalue weighted by atomic mass is 9.97. The fraction of sp³-hybridized carbons (Fsp3) is 0. The molecule has 7 aromatic rings. The van der Waals surface area contributed by atoms with E-state index in [1.807, 2.05) is 54.6 Å². The molecule has 0 saturated carbocycles. The van der Waals surface area contributed by atoms with E-state index in [1.165, 1.54) is 0 Å². The lowest BCUT2D eigenvalue weighted by Crippen LogP contribution is -2.06. The van der Waals surface area contributed by atoms with E-state index in [9.17, 15) is 0 Å². The Hall–Kier alpha value is -5.41. The van der Waals surface area contributed by atoms with Crippen LogP contribution in [0.2, 0.25) is 0 Å². The van der Waals surface area contributed by atoms with Gasteiger partial charge in [0.2, 0.25) is 0 Å². The molecule has 0 N–H and O–H groups in total. The van der Waals surface area contributed by atoms with Crippen molar-refractivity contribution in [2.75, 3.05) is 0 Å². The highest BCUT2D eigenvalue weighted by molar-refractivity contribution is 5.92. The SMILES string of the molecule is [2H]c1c([2H])c([2H])c(-c2ccc(-c3ccc(-c4cccc5c4Oc4cccc6nc(-c7ccccc7)n-5c46)cc3)cc2)c([2H])c1[2H]. The second-order valence-electron chi connectivity index (χ2n) is 9.67. The molecule has 6 aromatic carbocycles. The van der Waals surface area contributed by atoms with E-state index in [0.717, 1.165) is 61.9 Å². The van der Waals surface area contributed by atoms with E-state index in [1.54, 1.807) is 12.1 Å². The number of para-hydroxylation sites is 2. The molecule has 2 heterocycles. The van der Waals surface area contributed by atoms with Crippen molar-refractivity contribution in [3.05, 3.63) is 145 Å². The minimum absolute atomic E-state index is 0.198. The van der Waals surface area contributed by atoms with Crippen LogP contribution in [0.3, 0.4) is 0 Å². The quantitative estimate of drug-likeness (QED) is 0.232. The highest BCUT2D eigenvalue weighted by atomic mass is 16.5. The highest BCUT2D eigenvalue weighted by Gasteiger charge is 2.27. The van der Waals surface area contributed by atoms with Gasteiger partial charge < -0.3 is 4.74 Å². The Morgan fingerprint density at radius 3 is 1.93 bits per heavy atom. The van der Waals surface area contributed by atoms with Gasteiger partial charge in [0.1, 0.15) is 11.3 Å². The number of nitrogens with zero attached hydrogens (tertiary/aromatic N) is 2. The van der Waals surface area contributed by atoms with E-state index < -0.39 is 6.04 Å². The number of ether oxygens (including phenoxy) is 1. The number of hydrogen-bond acceptors (Lipinski definition) is 2. The van der Waals surface area contributed by atoms with E-state index in [-0.39, 0.29) is 29.7 Å². The molecule has 0 amide bonds. The van der Waals surface area contributed by atoms with E-state index in [4.69, 9.17) is 16.6 Å². The predicted molar refractivity (Wildman–Crippen MR) is 163 cm³/mol. The van der Waals surface area contributed by atoms with E-state index >= 15 is 0 Å². The molecule has 3 nitrogen and oxygen atoms in total. The monoisotopic (exact) mass is 517 g/mol. The molecular weight excluding hydrogens is 488 g/mol. The molecule has 3 heteroatoms. The maximum Gasteiger partial charge on any atom is 0.159 e. The summed E-state index contributed by atoms with van der Waals surface area (Å²) in [6.07, 6.45) is 0. The summed E-state index contributed by atoms with van der Waals surface area (Å²) in [5, 5.41) is 0. The van der Waals surface area contributed by atoms with Crippen molar-refractivity contribution < 1.29 is 11.6 Å². The number of hydrogen-bond donors (Lipinski definition) is 0. The van der Waals surface area contributed by atoms with Crippen molar-refractivity contribution >= 4 is 11.0 Å². The molecule has 0 bridgehead atoms. The molecule has 1 aliphatic heterocycles. The number of fused-ring (bicyclic) bond motifs is 2. The molecule has 0 saturated heterocycles. The van der Waals surface area contributed by atoms with Gasteiger partial charge >= 0.3 is 0 Å². The topological polar surface area (TPSA) is 27.1 Å². The highest BCUT2D eigenvalue weighted by Crippen LogP contribution is 2.47. The first-order chi connectivity index (χ1) is 21.9. The van der Waals surface area contributed by atoms with Gasteiger partial charge in [0, 0.05) is 11.1 Å². The van der Waals surface area contributed by atoms with Gasteiger partial charge in [-0.3, -0.25) is 4.57 Å². The number of benzene rings is 6. The van der Waals surface area contributed by atoms with Gasteiger partial charge in [-0.2, -0.15) is 0 Å². The zero-order chi connectivity index (χ0) is 30.8. The molecule has 0 aliphatic carbocycles. The lowest BCUT2D eigenvalue weighted by molar-refractivity contribution is 0.477. The van der Waals surface area contributed by atoms with Crippen molar-refractivity contribution in [2.24, 2.45) is 0 Å². The average molecular weight is 518 g/mol. The largest absolute Gasteiger partial charge is 0.452 e. The first kappa shape index (κ1) is 18.0. The van der Waals surface area contributed by atoms with Crippen molar-refractivity contribution in [3.8, 4) is 62.0 Å². The Kier molecular flexibility index (Phi) is 4.09. The van der Waals surface area contributed by atoms with Crippen LogP contribution < -0.4 is 4.74 Å². The van der Waals surface area contributed by atoms with Crippen LogP contribution in [0.5, 0.6) is 11.5 Å². The van der Waals surface area contributed by atoms with Crippen LogP contribution in [0.15, 0.2) is 145 Å². The minimum Gasteiger partial charge on any atom is -0.452 e. The van der Waals surface area contributed by atoms with Crippen LogP contribution in [0, 0.1) is 0 Å². The normalized spacial score (nSPS) is 13.4. The number of rotatable bonds is 4. The third-order valence-electron chi connectivity index (χ3n) is 7.32. The first-order valence-corrected chi connectivity index (χ1v) is 13.1. The molecule has 8 rings (SSSR count). The summed E-state index contributed by atoms with van der Waals surface area (Å²) in [5.41, 5.74) is 8.46. The van der Waals surface area contributed by atoms with Gasteiger partial charge in [0.25, 0.3) is 0 Å². The molecule has 0 unspecified atom stereocenters. The smallest absolute Gasteiger partial charge is 0.159 e. The lowest BCUT2D eigenvalue weighted by Gasteiger charge is -2.23. The van der Waals surface area contributed by atoms with Crippen molar-refractivity contribution in [1.82, 2.24) is 9.55 Å². The first-order valence-electron chi connectivity index (χ1n) is 15.6. The van der Waals surface area contributed by atoms with Gasteiger partial charge in [-0.05, 0) is 46.0 Å². The third kappa shape index (κ3) is 3.63. The summed E-state index contributed by atoms with van der Waals surface area (Å²) in [5.74, 6) is 2.39.